The van der Waals surface area contributed by atoms with Gasteiger partial charge in [0.25, 0.3) is 0 Å². The van der Waals surface area contributed by atoms with E-state index in [0.29, 0.717) is 5.92 Å². The van der Waals surface area contributed by atoms with E-state index in [-0.39, 0.29) is 5.84 Å². The quantitative estimate of drug-likeness (QED) is 0.474. The van der Waals surface area contributed by atoms with Crippen LogP contribution in [0.1, 0.15) is 33.6 Å². The highest BCUT2D eigenvalue weighted by Crippen LogP contribution is 2.10. The van der Waals surface area contributed by atoms with E-state index in [2.05, 4.69) is 26.8 Å². The fourth-order valence-electron chi connectivity index (χ4n) is 0.957. The Morgan fingerprint density at radius 1 is 1.55 bits per heavy atom. The minimum Gasteiger partial charge on any atom is -0.384 e. The molecule has 11 heavy (non-hydrogen) atoms. The molecule has 0 fully saturated rings. The van der Waals surface area contributed by atoms with Crippen LogP contribution in [0.4, 0.5) is 0 Å². The molecule has 0 saturated carbocycles. The van der Waals surface area contributed by atoms with Crippen molar-refractivity contribution in [3.8, 4) is 0 Å². The van der Waals surface area contributed by atoms with Crippen molar-refractivity contribution in [2.24, 2.45) is 11.7 Å². The van der Waals surface area contributed by atoms with Crippen molar-refractivity contribution in [1.29, 1.82) is 5.41 Å². The van der Waals surface area contributed by atoms with Crippen LogP contribution in [0.3, 0.4) is 0 Å². The Kier molecular flexibility index (Phi) is 4.59. The van der Waals surface area contributed by atoms with Gasteiger partial charge in [0.2, 0.25) is 0 Å². The molecular weight excluding hydrogens is 136 g/mol. The lowest BCUT2D eigenvalue weighted by molar-refractivity contribution is 0.787. The van der Waals surface area contributed by atoms with Crippen LogP contribution in [0.25, 0.3) is 0 Å². The molecule has 0 heterocycles. The molecule has 3 N–H and O–H groups in total. The Bertz CT molecular complexity index is 157. The maximum Gasteiger partial charge on any atom is 0.118 e. The molecule has 0 rings (SSSR count). The maximum atomic E-state index is 7.27. The first-order chi connectivity index (χ1) is 5.09. The van der Waals surface area contributed by atoms with Crippen LogP contribution in [-0.4, -0.2) is 5.84 Å². The number of rotatable bonds is 4. The van der Waals surface area contributed by atoms with Crippen LogP contribution in [0.2, 0.25) is 0 Å². The zero-order chi connectivity index (χ0) is 8.85. The van der Waals surface area contributed by atoms with Gasteiger partial charge in [-0.15, -0.1) is 0 Å². The first kappa shape index (κ1) is 10.2. The Morgan fingerprint density at radius 3 is 2.36 bits per heavy atom. The highest BCUT2D eigenvalue weighted by Gasteiger charge is 2.04. The molecule has 0 aliphatic carbocycles. The molecular formula is C9H18N2. The first-order valence-electron chi connectivity index (χ1n) is 4.14. The van der Waals surface area contributed by atoms with Gasteiger partial charge in [-0.3, -0.25) is 5.41 Å². The van der Waals surface area contributed by atoms with Gasteiger partial charge in [-0.05, 0) is 17.9 Å². The van der Waals surface area contributed by atoms with Gasteiger partial charge in [0.1, 0.15) is 5.84 Å². The van der Waals surface area contributed by atoms with Gasteiger partial charge >= 0.3 is 0 Å². The second kappa shape index (κ2) is 4.94. The van der Waals surface area contributed by atoms with Gasteiger partial charge in [-0.2, -0.15) is 0 Å². The number of nitrogens with two attached hydrogens (primary N) is 1. The van der Waals surface area contributed by atoms with Crippen LogP contribution in [0, 0.1) is 11.3 Å². The highest BCUT2D eigenvalue weighted by molar-refractivity contribution is 5.94. The van der Waals surface area contributed by atoms with Crippen LogP contribution >= 0.6 is 0 Å². The molecule has 2 heteroatoms. The Balaban J connectivity index is 4.21. The first-order valence-corrected chi connectivity index (χ1v) is 4.14. The van der Waals surface area contributed by atoms with E-state index < -0.39 is 0 Å². The minimum absolute atomic E-state index is 0.216. The molecule has 0 aromatic carbocycles. The Morgan fingerprint density at radius 2 is 2.09 bits per heavy atom. The van der Waals surface area contributed by atoms with E-state index in [0.717, 1.165) is 18.4 Å². The Hall–Kier alpha value is -0.790. The molecule has 0 aromatic rings. The average Bonchev–Trinajstić information content (AvgIpc) is 1.87. The number of amidine groups is 1. The number of hydrogen-bond donors (Lipinski definition) is 2. The van der Waals surface area contributed by atoms with Crippen molar-refractivity contribution >= 4 is 5.84 Å². The molecule has 2 nitrogen and oxygen atoms in total. The molecule has 0 amide bonds. The van der Waals surface area contributed by atoms with E-state index in [1.165, 1.54) is 0 Å². The third kappa shape index (κ3) is 3.81. The van der Waals surface area contributed by atoms with E-state index >= 15 is 0 Å². The summed E-state index contributed by atoms with van der Waals surface area (Å²) in [4.78, 5) is 0. The van der Waals surface area contributed by atoms with Gasteiger partial charge < -0.3 is 5.73 Å². The monoisotopic (exact) mass is 154 g/mol. The van der Waals surface area contributed by atoms with Crippen LogP contribution in [0.5, 0.6) is 0 Å². The van der Waals surface area contributed by atoms with E-state index in [9.17, 15) is 0 Å². The maximum absolute atomic E-state index is 7.27. The molecule has 0 atom stereocenters. The molecule has 0 aromatic heterocycles. The largest absolute Gasteiger partial charge is 0.384 e. The van der Waals surface area contributed by atoms with Crippen LogP contribution < -0.4 is 5.73 Å². The molecule has 0 radical (unpaired) electrons. The van der Waals surface area contributed by atoms with Gasteiger partial charge in [-0.25, -0.2) is 0 Å². The number of unbranched alkanes of at least 4 members (excludes halogenated alkanes) is 1. The molecule has 0 spiro atoms. The van der Waals surface area contributed by atoms with Crippen LogP contribution in [0.15, 0.2) is 11.6 Å². The fourth-order valence-corrected chi connectivity index (χ4v) is 0.957. The van der Waals surface area contributed by atoms with Crippen molar-refractivity contribution in [1.82, 2.24) is 0 Å². The van der Waals surface area contributed by atoms with E-state index in [1.54, 1.807) is 0 Å². The fraction of sp³-hybridized carbons (Fsp3) is 0.667. The second-order valence-corrected chi connectivity index (χ2v) is 3.02. The van der Waals surface area contributed by atoms with Gasteiger partial charge in [0.05, 0.1) is 0 Å². The standard InChI is InChI=1S/C9H18N2/c1-4-5-6-8(7(2)3)9(10)11/h6-7H,4-5H2,1-3H3,(H3,10,11)/b8-6-. The summed E-state index contributed by atoms with van der Waals surface area (Å²) in [6.45, 7) is 6.24. The normalized spacial score (nSPS) is 12.2. The molecule has 0 aliphatic heterocycles. The third-order valence-electron chi connectivity index (χ3n) is 1.59. The number of nitrogens with one attached hydrogen (secondary N) is 1. The molecule has 0 aliphatic rings. The summed E-state index contributed by atoms with van der Waals surface area (Å²) in [6, 6.07) is 0. The topological polar surface area (TPSA) is 49.9 Å². The number of hydrogen-bond acceptors (Lipinski definition) is 1. The summed E-state index contributed by atoms with van der Waals surface area (Å²) in [7, 11) is 0. The van der Waals surface area contributed by atoms with E-state index in [4.69, 9.17) is 11.1 Å². The van der Waals surface area contributed by atoms with Crippen molar-refractivity contribution in [2.75, 3.05) is 0 Å². The summed E-state index contributed by atoms with van der Waals surface area (Å²) in [5.41, 5.74) is 6.37. The lowest BCUT2D eigenvalue weighted by atomic mass is 10.0. The van der Waals surface area contributed by atoms with Gasteiger partial charge in [-0.1, -0.05) is 33.3 Å². The molecule has 0 bridgehead atoms. The smallest absolute Gasteiger partial charge is 0.118 e. The lowest BCUT2D eigenvalue weighted by Crippen LogP contribution is -2.16. The summed E-state index contributed by atoms with van der Waals surface area (Å²) < 4.78 is 0. The summed E-state index contributed by atoms with van der Waals surface area (Å²) in [5.74, 6) is 0.590. The third-order valence-corrected chi connectivity index (χ3v) is 1.59. The second-order valence-electron chi connectivity index (χ2n) is 3.02. The van der Waals surface area contributed by atoms with Gasteiger partial charge in [0, 0.05) is 0 Å². The van der Waals surface area contributed by atoms with E-state index in [1.807, 2.05) is 0 Å². The zero-order valence-corrected chi connectivity index (χ0v) is 7.65. The zero-order valence-electron chi connectivity index (χ0n) is 7.65. The predicted molar refractivity (Wildman–Crippen MR) is 49.7 cm³/mol. The van der Waals surface area contributed by atoms with Crippen molar-refractivity contribution in [3.05, 3.63) is 11.6 Å². The minimum atomic E-state index is 0.216. The molecule has 64 valence electrons. The summed E-state index contributed by atoms with van der Waals surface area (Å²) >= 11 is 0. The van der Waals surface area contributed by atoms with Crippen molar-refractivity contribution < 1.29 is 0 Å². The SMILES string of the molecule is CCC/C=C(\C(=N)N)C(C)C. The lowest BCUT2D eigenvalue weighted by Gasteiger charge is -2.08. The summed E-state index contributed by atoms with van der Waals surface area (Å²) in [6.07, 6.45) is 4.20. The predicted octanol–water partition coefficient (Wildman–Crippen LogP) is 2.30. The van der Waals surface area contributed by atoms with Crippen molar-refractivity contribution in [3.63, 3.8) is 0 Å². The molecule has 0 unspecified atom stereocenters. The molecule has 0 saturated heterocycles. The highest BCUT2D eigenvalue weighted by atomic mass is 14.7. The average molecular weight is 154 g/mol. The Labute approximate surface area is 69.0 Å². The van der Waals surface area contributed by atoms with Crippen LogP contribution in [-0.2, 0) is 0 Å². The number of allylic oxidation sites excluding steroid dienone is 1. The van der Waals surface area contributed by atoms with Gasteiger partial charge in [0.15, 0.2) is 0 Å². The van der Waals surface area contributed by atoms with Crippen molar-refractivity contribution in [2.45, 2.75) is 33.6 Å². The summed E-state index contributed by atoms with van der Waals surface area (Å²) in [5, 5.41) is 7.27.